The molecule has 2 aliphatic rings. The van der Waals surface area contributed by atoms with Crippen LogP contribution in [0.5, 0.6) is 0 Å². The molecule has 0 unspecified atom stereocenters. The molecular formula is C28H35N3O3S. The summed E-state index contributed by atoms with van der Waals surface area (Å²) in [5, 5.41) is 5.83. The molecule has 2 aromatic rings. The van der Waals surface area contributed by atoms with Crippen LogP contribution in [0.1, 0.15) is 67.4 Å². The van der Waals surface area contributed by atoms with Crippen molar-refractivity contribution in [3.05, 3.63) is 71.3 Å². The van der Waals surface area contributed by atoms with Gasteiger partial charge in [-0.1, -0.05) is 62.4 Å². The van der Waals surface area contributed by atoms with Crippen molar-refractivity contribution in [3.63, 3.8) is 0 Å². The minimum Gasteiger partial charge on any atom is -0.354 e. The topological polar surface area (TPSA) is 78.5 Å². The maximum Gasteiger partial charge on any atom is 0.256 e. The molecular weight excluding hydrogens is 458 g/mol. The summed E-state index contributed by atoms with van der Waals surface area (Å²) >= 11 is 1.63. The van der Waals surface area contributed by atoms with Gasteiger partial charge in [-0.3, -0.25) is 14.4 Å². The molecule has 0 radical (unpaired) electrons. The quantitative estimate of drug-likeness (QED) is 0.510. The van der Waals surface area contributed by atoms with Crippen LogP contribution in [0.3, 0.4) is 0 Å². The van der Waals surface area contributed by atoms with Crippen molar-refractivity contribution in [1.82, 2.24) is 15.5 Å². The Hall–Kier alpha value is -2.80. The first kappa shape index (κ1) is 25.3. The SMILES string of the molecule is CC(C)C[C@H](NC(=O)[C@@H]1N2C(=O)c3ccccc3[C@H]2SC1(C)C)C(=O)NCCCc1ccccc1. The molecule has 186 valence electrons. The predicted octanol–water partition coefficient (Wildman–Crippen LogP) is 4.31. The summed E-state index contributed by atoms with van der Waals surface area (Å²) in [4.78, 5) is 41.6. The molecule has 1 saturated heterocycles. The number of nitrogens with one attached hydrogen (secondary N) is 2. The third-order valence-electron chi connectivity index (χ3n) is 6.67. The molecule has 0 bridgehead atoms. The Bertz CT molecular complexity index is 1090. The van der Waals surface area contributed by atoms with Crippen molar-refractivity contribution in [2.24, 2.45) is 5.92 Å². The van der Waals surface area contributed by atoms with Crippen molar-refractivity contribution in [3.8, 4) is 0 Å². The predicted molar refractivity (Wildman–Crippen MR) is 140 cm³/mol. The maximum absolute atomic E-state index is 13.6. The lowest BCUT2D eigenvalue weighted by Crippen LogP contribution is -2.57. The van der Waals surface area contributed by atoms with Crippen LogP contribution in [0.15, 0.2) is 54.6 Å². The highest BCUT2D eigenvalue weighted by Crippen LogP contribution is 2.56. The second kappa shape index (κ2) is 10.4. The molecule has 4 rings (SSSR count). The molecule has 35 heavy (non-hydrogen) atoms. The van der Waals surface area contributed by atoms with E-state index >= 15 is 0 Å². The van der Waals surface area contributed by atoms with Crippen LogP contribution in [-0.4, -0.2) is 46.0 Å². The zero-order valence-corrected chi connectivity index (χ0v) is 21.7. The maximum atomic E-state index is 13.6. The summed E-state index contributed by atoms with van der Waals surface area (Å²) in [6.07, 6.45) is 2.25. The van der Waals surface area contributed by atoms with Crippen LogP contribution >= 0.6 is 11.8 Å². The van der Waals surface area contributed by atoms with Crippen LogP contribution in [0, 0.1) is 5.92 Å². The summed E-state index contributed by atoms with van der Waals surface area (Å²) in [6.45, 7) is 8.61. The number of benzene rings is 2. The number of amides is 3. The van der Waals surface area contributed by atoms with Gasteiger partial charge in [0.2, 0.25) is 11.8 Å². The van der Waals surface area contributed by atoms with Crippen molar-refractivity contribution in [1.29, 1.82) is 0 Å². The van der Waals surface area contributed by atoms with Crippen LogP contribution in [0.4, 0.5) is 0 Å². The molecule has 2 heterocycles. The molecule has 0 saturated carbocycles. The first-order chi connectivity index (χ1) is 16.7. The van der Waals surface area contributed by atoms with Gasteiger partial charge in [-0.15, -0.1) is 11.8 Å². The number of rotatable bonds is 9. The number of carbonyl (C=O) groups is 3. The lowest BCUT2D eigenvalue weighted by Gasteiger charge is -2.31. The standard InChI is InChI=1S/C28H35N3O3S/c1-18(2)17-22(24(32)29-16-10-13-19-11-6-5-7-12-19)30-25(33)23-28(3,4)35-27-21-15-9-8-14-20(21)26(34)31(23)27/h5-9,11-12,14-15,18,22-23,27H,10,13,16-17H2,1-4H3,(H,29,32)(H,30,33)/t22-,23-,27+/m0/s1. The van der Waals surface area contributed by atoms with Crippen molar-refractivity contribution < 1.29 is 14.4 Å². The largest absolute Gasteiger partial charge is 0.354 e. The number of fused-ring (bicyclic) bond motifs is 3. The molecule has 0 aliphatic carbocycles. The van der Waals surface area contributed by atoms with Crippen LogP contribution in [0.2, 0.25) is 0 Å². The highest BCUT2D eigenvalue weighted by Gasteiger charge is 2.57. The Balaban J connectivity index is 1.42. The molecule has 2 N–H and O–H groups in total. The lowest BCUT2D eigenvalue weighted by atomic mass is 9.98. The van der Waals surface area contributed by atoms with E-state index in [4.69, 9.17) is 0 Å². The number of carbonyl (C=O) groups excluding carboxylic acids is 3. The Kier molecular flexibility index (Phi) is 7.55. The number of hydrogen-bond donors (Lipinski definition) is 2. The van der Waals surface area contributed by atoms with Crippen LogP contribution in [-0.2, 0) is 16.0 Å². The lowest BCUT2D eigenvalue weighted by molar-refractivity contribution is -0.132. The van der Waals surface area contributed by atoms with Crippen LogP contribution in [0.25, 0.3) is 0 Å². The Morgan fingerprint density at radius 1 is 1.06 bits per heavy atom. The first-order valence-corrected chi connectivity index (χ1v) is 13.3. The summed E-state index contributed by atoms with van der Waals surface area (Å²) < 4.78 is -0.480. The van der Waals surface area contributed by atoms with Gasteiger partial charge in [-0.25, -0.2) is 0 Å². The normalized spacial score (nSPS) is 20.9. The van der Waals surface area contributed by atoms with Gasteiger partial charge in [0, 0.05) is 16.9 Å². The summed E-state index contributed by atoms with van der Waals surface area (Å²) in [5.41, 5.74) is 2.86. The minimum atomic E-state index is -0.655. The minimum absolute atomic E-state index is 0.116. The van der Waals surface area contributed by atoms with E-state index in [1.165, 1.54) is 5.56 Å². The monoisotopic (exact) mass is 493 g/mol. The van der Waals surface area contributed by atoms with Gasteiger partial charge in [-0.05, 0) is 56.2 Å². The van der Waals surface area contributed by atoms with E-state index in [1.54, 1.807) is 16.7 Å². The zero-order chi connectivity index (χ0) is 25.2. The Morgan fingerprint density at radius 2 is 1.74 bits per heavy atom. The number of thioether (sulfide) groups is 1. The van der Waals surface area contributed by atoms with Gasteiger partial charge in [0.05, 0.1) is 0 Å². The van der Waals surface area contributed by atoms with Gasteiger partial charge in [0.15, 0.2) is 0 Å². The summed E-state index contributed by atoms with van der Waals surface area (Å²) in [7, 11) is 0. The fraction of sp³-hybridized carbons (Fsp3) is 0.464. The van der Waals surface area contributed by atoms with Gasteiger partial charge >= 0.3 is 0 Å². The smallest absolute Gasteiger partial charge is 0.256 e. The molecule has 0 spiro atoms. The number of aryl methyl sites for hydroxylation is 1. The number of nitrogens with zero attached hydrogens (tertiary/aromatic N) is 1. The summed E-state index contributed by atoms with van der Waals surface area (Å²) in [6, 6.07) is 16.4. The van der Waals surface area contributed by atoms with E-state index in [9.17, 15) is 14.4 Å². The molecule has 6 nitrogen and oxygen atoms in total. The second-order valence-electron chi connectivity index (χ2n) is 10.3. The van der Waals surface area contributed by atoms with Gasteiger partial charge in [-0.2, -0.15) is 0 Å². The average Bonchev–Trinajstić information content (AvgIpc) is 3.25. The van der Waals surface area contributed by atoms with E-state index in [-0.39, 0.29) is 29.0 Å². The highest BCUT2D eigenvalue weighted by atomic mass is 32.2. The third-order valence-corrected chi connectivity index (χ3v) is 8.20. The van der Waals surface area contributed by atoms with E-state index in [2.05, 4.69) is 22.8 Å². The highest BCUT2D eigenvalue weighted by molar-refractivity contribution is 8.01. The Labute approximate surface area is 212 Å². The molecule has 3 amide bonds. The number of hydrogen-bond acceptors (Lipinski definition) is 4. The van der Waals surface area contributed by atoms with E-state index in [0.717, 1.165) is 18.4 Å². The third kappa shape index (κ3) is 5.40. The molecule has 2 aromatic carbocycles. The average molecular weight is 494 g/mol. The van der Waals surface area contributed by atoms with Crippen LogP contribution < -0.4 is 10.6 Å². The fourth-order valence-electron chi connectivity index (χ4n) is 5.03. The van der Waals surface area contributed by atoms with E-state index < -0.39 is 16.8 Å². The zero-order valence-electron chi connectivity index (χ0n) is 20.9. The van der Waals surface area contributed by atoms with Crippen molar-refractivity contribution >= 4 is 29.5 Å². The van der Waals surface area contributed by atoms with Gasteiger partial charge in [0.25, 0.3) is 5.91 Å². The van der Waals surface area contributed by atoms with Crippen molar-refractivity contribution in [2.75, 3.05) is 6.54 Å². The van der Waals surface area contributed by atoms with E-state index in [1.807, 2.05) is 70.2 Å². The molecule has 0 aromatic heterocycles. The van der Waals surface area contributed by atoms with Crippen molar-refractivity contribution in [2.45, 2.75) is 69.2 Å². The first-order valence-electron chi connectivity index (χ1n) is 12.4. The second-order valence-corrected chi connectivity index (χ2v) is 12.1. The molecule has 1 fully saturated rings. The molecule has 2 aliphatic heterocycles. The fourth-order valence-corrected chi connectivity index (χ4v) is 6.62. The Morgan fingerprint density at radius 3 is 2.46 bits per heavy atom. The summed E-state index contributed by atoms with van der Waals surface area (Å²) in [5.74, 6) is -0.325. The van der Waals surface area contributed by atoms with Gasteiger partial charge < -0.3 is 15.5 Å². The molecule has 3 atom stereocenters. The molecule has 7 heteroatoms. The van der Waals surface area contributed by atoms with Gasteiger partial charge in [0.1, 0.15) is 17.5 Å². The van der Waals surface area contributed by atoms with E-state index in [0.29, 0.717) is 18.5 Å².